The van der Waals surface area contributed by atoms with E-state index in [2.05, 4.69) is 60.5 Å². The molecule has 0 saturated carbocycles. The maximum Gasteiger partial charge on any atom is 0.282 e. The van der Waals surface area contributed by atoms with Crippen LogP contribution in [-0.4, -0.2) is 64.4 Å². The van der Waals surface area contributed by atoms with Crippen molar-refractivity contribution in [3.8, 4) is 0 Å². The van der Waals surface area contributed by atoms with Gasteiger partial charge in [0.25, 0.3) is 5.91 Å². The molecule has 6 nitrogen and oxygen atoms in total. The smallest absolute Gasteiger partial charge is 0.282 e. The summed E-state index contributed by atoms with van der Waals surface area (Å²) in [5.41, 5.74) is 4.79. The molecule has 2 saturated heterocycles. The predicted octanol–water partition coefficient (Wildman–Crippen LogP) is 0.142. The molecule has 2 aromatic rings. The zero-order valence-electron chi connectivity index (χ0n) is 18.8. The lowest BCUT2D eigenvalue weighted by atomic mass is 10.1. The van der Waals surface area contributed by atoms with Crippen LogP contribution in [0.15, 0.2) is 48.5 Å². The molecule has 0 unspecified atom stereocenters. The van der Waals surface area contributed by atoms with E-state index in [0.29, 0.717) is 0 Å². The molecule has 0 radical (unpaired) electrons. The quantitative estimate of drug-likeness (QED) is 0.619. The van der Waals surface area contributed by atoms with Gasteiger partial charge in [0.15, 0.2) is 6.04 Å². The summed E-state index contributed by atoms with van der Waals surface area (Å²) in [6.07, 6.45) is 0. The minimum atomic E-state index is -0.0422. The Morgan fingerprint density at radius 1 is 1.06 bits per heavy atom. The Morgan fingerprint density at radius 3 is 2.45 bits per heavy atom. The van der Waals surface area contributed by atoms with Crippen LogP contribution in [0, 0.1) is 6.92 Å². The van der Waals surface area contributed by atoms with E-state index in [4.69, 9.17) is 4.74 Å². The van der Waals surface area contributed by atoms with E-state index in [1.165, 1.54) is 21.7 Å². The molecule has 166 valence electrons. The molecule has 2 aromatic carbocycles. The largest absolute Gasteiger partial charge is 0.378 e. The van der Waals surface area contributed by atoms with Gasteiger partial charge in [-0.15, -0.1) is 0 Å². The van der Waals surface area contributed by atoms with Crippen molar-refractivity contribution < 1.29 is 19.3 Å². The van der Waals surface area contributed by atoms with Crippen LogP contribution in [-0.2, 0) is 16.1 Å². The number of morpholine rings is 1. The Hall–Kier alpha value is -2.41. The van der Waals surface area contributed by atoms with Crippen LogP contribution in [0.1, 0.15) is 18.1 Å². The van der Waals surface area contributed by atoms with Gasteiger partial charge in [-0.3, -0.25) is 4.79 Å². The lowest BCUT2D eigenvalue weighted by molar-refractivity contribution is -1.02. The third-order valence-corrected chi connectivity index (χ3v) is 6.65. The van der Waals surface area contributed by atoms with E-state index in [0.717, 1.165) is 64.7 Å². The molecule has 3 N–H and O–H groups in total. The first kappa shape index (κ1) is 21.8. The monoisotopic (exact) mass is 424 g/mol. The molecule has 0 spiro atoms. The molecular formula is C25H36N4O2+2. The summed E-state index contributed by atoms with van der Waals surface area (Å²) in [5, 5.41) is 3.12. The fraction of sp³-hybridized carbons (Fsp3) is 0.480. The zero-order chi connectivity index (χ0) is 21.6. The molecule has 4 rings (SSSR count). The number of carbonyl (C=O) groups excluding carboxylic acids is 1. The molecular weight excluding hydrogens is 388 g/mol. The number of carbonyl (C=O) groups is 1. The highest BCUT2D eigenvalue weighted by atomic mass is 16.5. The standard InChI is InChI=1S/C25H34N4O2/c1-20-4-3-5-22(18-20)19-27-10-12-28(13-11-27)21(2)25(30)26-23-6-8-24(9-7-23)29-14-16-31-17-15-29/h3-9,18,21H,10-17,19H2,1-2H3,(H,26,30)/p+2/t21-/m1/s1. The van der Waals surface area contributed by atoms with Gasteiger partial charge in [0, 0.05) is 30.0 Å². The summed E-state index contributed by atoms with van der Waals surface area (Å²) in [5.74, 6) is 0.108. The maximum absolute atomic E-state index is 12.8. The second-order valence-electron chi connectivity index (χ2n) is 8.93. The van der Waals surface area contributed by atoms with Gasteiger partial charge in [-0.25, -0.2) is 0 Å². The van der Waals surface area contributed by atoms with Crippen molar-refractivity contribution in [3.63, 3.8) is 0 Å². The second kappa shape index (κ2) is 10.3. The van der Waals surface area contributed by atoms with Crippen molar-refractivity contribution >= 4 is 17.3 Å². The lowest BCUT2D eigenvalue weighted by Crippen LogP contribution is -3.29. The van der Waals surface area contributed by atoms with Gasteiger partial charge in [-0.1, -0.05) is 29.8 Å². The fourth-order valence-corrected chi connectivity index (χ4v) is 4.66. The number of hydrogen-bond donors (Lipinski definition) is 3. The van der Waals surface area contributed by atoms with E-state index in [-0.39, 0.29) is 11.9 Å². The fourth-order valence-electron chi connectivity index (χ4n) is 4.66. The van der Waals surface area contributed by atoms with Gasteiger partial charge >= 0.3 is 0 Å². The molecule has 2 fully saturated rings. The molecule has 2 heterocycles. The van der Waals surface area contributed by atoms with Gasteiger partial charge < -0.3 is 24.8 Å². The Morgan fingerprint density at radius 2 is 1.77 bits per heavy atom. The van der Waals surface area contributed by atoms with Crippen LogP contribution in [0.3, 0.4) is 0 Å². The molecule has 0 aliphatic carbocycles. The predicted molar refractivity (Wildman–Crippen MR) is 124 cm³/mol. The molecule has 6 heteroatoms. The minimum absolute atomic E-state index is 0.0422. The highest BCUT2D eigenvalue weighted by Crippen LogP contribution is 2.19. The molecule has 1 atom stereocenters. The number of aryl methyl sites for hydroxylation is 1. The summed E-state index contributed by atoms with van der Waals surface area (Å²) in [6, 6.07) is 17.0. The molecule has 31 heavy (non-hydrogen) atoms. The van der Waals surface area contributed by atoms with E-state index >= 15 is 0 Å². The van der Waals surface area contributed by atoms with Crippen LogP contribution in [0.2, 0.25) is 0 Å². The highest BCUT2D eigenvalue weighted by molar-refractivity contribution is 5.93. The third kappa shape index (κ3) is 5.85. The normalized spacial score (nSPS) is 22.7. The van der Waals surface area contributed by atoms with E-state index in [1.54, 1.807) is 4.90 Å². The Kier molecular flexibility index (Phi) is 7.22. The van der Waals surface area contributed by atoms with Crippen molar-refractivity contribution in [2.75, 3.05) is 62.7 Å². The van der Waals surface area contributed by atoms with Gasteiger partial charge in [0.05, 0.1) is 13.2 Å². The molecule has 0 aromatic heterocycles. The average Bonchev–Trinajstić information content (AvgIpc) is 2.80. The average molecular weight is 425 g/mol. The van der Waals surface area contributed by atoms with Gasteiger partial charge in [0.1, 0.15) is 32.7 Å². The van der Waals surface area contributed by atoms with Crippen LogP contribution in [0.4, 0.5) is 11.4 Å². The maximum atomic E-state index is 12.8. The number of nitrogens with zero attached hydrogens (tertiary/aromatic N) is 1. The van der Waals surface area contributed by atoms with E-state index < -0.39 is 0 Å². The number of ether oxygens (including phenoxy) is 1. The van der Waals surface area contributed by atoms with Crippen LogP contribution in [0.5, 0.6) is 0 Å². The zero-order valence-corrected chi connectivity index (χ0v) is 18.8. The first-order valence-corrected chi connectivity index (χ1v) is 11.6. The van der Waals surface area contributed by atoms with Gasteiger partial charge in [0.2, 0.25) is 0 Å². The number of rotatable bonds is 6. The van der Waals surface area contributed by atoms with Gasteiger partial charge in [-0.2, -0.15) is 0 Å². The molecule has 2 aliphatic heterocycles. The number of nitrogens with one attached hydrogen (secondary N) is 3. The van der Waals surface area contributed by atoms with Crippen LogP contribution >= 0.6 is 0 Å². The van der Waals surface area contributed by atoms with Crippen molar-refractivity contribution in [3.05, 3.63) is 59.7 Å². The van der Waals surface area contributed by atoms with Crippen LogP contribution in [0.25, 0.3) is 0 Å². The molecule has 1 amide bonds. The summed E-state index contributed by atoms with van der Waals surface area (Å²) in [4.78, 5) is 18.2. The highest BCUT2D eigenvalue weighted by Gasteiger charge is 2.31. The first-order chi connectivity index (χ1) is 15.1. The number of piperazine rings is 1. The van der Waals surface area contributed by atoms with Crippen molar-refractivity contribution in [2.45, 2.75) is 26.4 Å². The van der Waals surface area contributed by atoms with Crippen molar-refractivity contribution in [1.29, 1.82) is 0 Å². The Labute approximate surface area is 185 Å². The molecule has 0 bridgehead atoms. The van der Waals surface area contributed by atoms with Crippen LogP contribution < -0.4 is 20.0 Å². The number of hydrogen-bond acceptors (Lipinski definition) is 3. The minimum Gasteiger partial charge on any atom is -0.378 e. The van der Waals surface area contributed by atoms with E-state index in [9.17, 15) is 4.79 Å². The molecule has 2 aliphatic rings. The second-order valence-corrected chi connectivity index (χ2v) is 8.93. The Balaban J connectivity index is 1.25. The third-order valence-electron chi connectivity index (χ3n) is 6.65. The Bertz CT molecular complexity index is 856. The van der Waals surface area contributed by atoms with Crippen molar-refractivity contribution in [2.24, 2.45) is 0 Å². The number of quaternary nitrogens is 2. The number of amides is 1. The van der Waals surface area contributed by atoms with E-state index in [1.807, 2.05) is 12.1 Å². The summed E-state index contributed by atoms with van der Waals surface area (Å²) in [6.45, 7) is 13.0. The summed E-state index contributed by atoms with van der Waals surface area (Å²) >= 11 is 0. The number of benzene rings is 2. The topological polar surface area (TPSA) is 50.5 Å². The summed E-state index contributed by atoms with van der Waals surface area (Å²) in [7, 11) is 0. The first-order valence-electron chi connectivity index (χ1n) is 11.6. The SMILES string of the molecule is Cc1cccc(C[NH+]2CC[NH+]([C@H](C)C(=O)Nc3ccc(N4CCOCC4)cc3)CC2)c1. The summed E-state index contributed by atoms with van der Waals surface area (Å²) < 4.78 is 5.42. The van der Waals surface area contributed by atoms with Gasteiger partial charge in [-0.05, 0) is 38.1 Å². The number of anilines is 2. The lowest BCUT2D eigenvalue weighted by Gasteiger charge is -2.32. The van der Waals surface area contributed by atoms with Crippen molar-refractivity contribution in [1.82, 2.24) is 0 Å².